The summed E-state index contributed by atoms with van der Waals surface area (Å²) in [6.07, 6.45) is 4.94. The fraction of sp³-hybridized carbons (Fsp3) is 0.800. The monoisotopic (exact) mass is 345 g/mol. The Balaban J connectivity index is 0.00000192. The highest BCUT2D eigenvalue weighted by molar-refractivity contribution is 5.87. The fourth-order valence-electron chi connectivity index (χ4n) is 4.13. The Morgan fingerprint density at radius 1 is 1.26 bits per heavy atom. The molecule has 7 nitrogen and oxygen atoms in total. The molecule has 0 aromatic carbocycles. The minimum Gasteiger partial charge on any atom is -0.480 e. The summed E-state index contributed by atoms with van der Waals surface area (Å²) in [6.45, 7) is 1.17. The summed E-state index contributed by atoms with van der Waals surface area (Å²) < 4.78 is 0. The zero-order valence-corrected chi connectivity index (χ0v) is 13.9. The highest BCUT2D eigenvalue weighted by Gasteiger charge is 2.46. The van der Waals surface area contributed by atoms with Gasteiger partial charge in [0.1, 0.15) is 6.04 Å². The summed E-state index contributed by atoms with van der Waals surface area (Å²) in [6, 6.07) is -0.354. The van der Waals surface area contributed by atoms with E-state index in [1.807, 2.05) is 4.90 Å². The van der Waals surface area contributed by atoms with E-state index < -0.39 is 12.0 Å². The topological polar surface area (TPSA) is 90.0 Å². The third-order valence-corrected chi connectivity index (χ3v) is 5.22. The average Bonchev–Trinajstić information content (AvgIpc) is 2.86. The van der Waals surface area contributed by atoms with Gasteiger partial charge in [0.05, 0.1) is 13.1 Å². The molecule has 0 radical (unpaired) electrons. The van der Waals surface area contributed by atoms with E-state index in [1.54, 1.807) is 0 Å². The number of halogens is 1. The summed E-state index contributed by atoms with van der Waals surface area (Å²) in [4.78, 5) is 38.8. The van der Waals surface area contributed by atoms with Gasteiger partial charge in [-0.25, -0.2) is 0 Å². The summed E-state index contributed by atoms with van der Waals surface area (Å²) in [5.74, 6) is -0.718. The SMILES string of the molecule is Cl.O=C1CN(C(=O)CN2C(C(=O)O)CC3CCCCC32)CCN1. The Kier molecular flexibility index (Phi) is 5.86. The molecule has 0 aromatic heterocycles. The quantitative estimate of drug-likeness (QED) is 0.756. The molecule has 3 aliphatic rings. The van der Waals surface area contributed by atoms with E-state index in [-0.39, 0.29) is 43.4 Å². The molecular formula is C15H24ClN3O4. The lowest BCUT2D eigenvalue weighted by atomic mass is 9.85. The molecule has 0 spiro atoms. The van der Waals surface area contributed by atoms with Crippen molar-refractivity contribution >= 4 is 30.2 Å². The van der Waals surface area contributed by atoms with Crippen molar-refractivity contribution < 1.29 is 19.5 Å². The number of carboxylic acid groups (broad SMARTS) is 1. The number of hydrogen-bond donors (Lipinski definition) is 2. The van der Waals surface area contributed by atoms with E-state index in [2.05, 4.69) is 5.32 Å². The van der Waals surface area contributed by atoms with Crippen LogP contribution in [-0.2, 0) is 14.4 Å². The summed E-state index contributed by atoms with van der Waals surface area (Å²) in [5, 5.41) is 12.2. The normalized spacial score (nSPS) is 31.0. The molecule has 2 aliphatic heterocycles. The van der Waals surface area contributed by atoms with E-state index in [1.165, 1.54) is 4.90 Å². The number of nitrogens with zero attached hydrogens (tertiary/aromatic N) is 2. The largest absolute Gasteiger partial charge is 0.480 e. The second-order valence-corrected chi connectivity index (χ2v) is 6.54. The summed E-state index contributed by atoms with van der Waals surface area (Å²) in [7, 11) is 0. The van der Waals surface area contributed by atoms with E-state index in [0.717, 1.165) is 25.7 Å². The van der Waals surface area contributed by atoms with Crippen LogP contribution >= 0.6 is 12.4 Å². The van der Waals surface area contributed by atoms with Gasteiger partial charge in [-0.2, -0.15) is 0 Å². The van der Waals surface area contributed by atoms with E-state index >= 15 is 0 Å². The fourth-order valence-corrected chi connectivity index (χ4v) is 4.13. The van der Waals surface area contributed by atoms with Crippen LogP contribution in [-0.4, -0.2) is 71.0 Å². The van der Waals surface area contributed by atoms with Gasteiger partial charge in [-0.05, 0) is 25.2 Å². The van der Waals surface area contributed by atoms with Crippen LogP contribution in [0.1, 0.15) is 32.1 Å². The van der Waals surface area contributed by atoms with Crippen LogP contribution in [0.3, 0.4) is 0 Å². The number of aliphatic carboxylic acids is 1. The zero-order chi connectivity index (χ0) is 15.7. The number of hydrogen-bond acceptors (Lipinski definition) is 4. The second kappa shape index (κ2) is 7.49. The Hall–Kier alpha value is -1.34. The van der Waals surface area contributed by atoms with Crippen LogP contribution in [0.25, 0.3) is 0 Å². The van der Waals surface area contributed by atoms with Crippen LogP contribution in [0.15, 0.2) is 0 Å². The molecule has 1 aliphatic carbocycles. The number of carboxylic acids is 1. The molecule has 8 heteroatoms. The van der Waals surface area contributed by atoms with Crippen molar-refractivity contribution in [2.75, 3.05) is 26.2 Å². The molecule has 130 valence electrons. The van der Waals surface area contributed by atoms with E-state index in [4.69, 9.17) is 0 Å². The van der Waals surface area contributed by atoms with Gasteiger partial charge in [-0.3, -0.25) is 19.3 Å². The maximum absolute atomic E-state index is 12.5. The third kappa shape index (κ3) is 3.77. The van der Waals surface area contributed by atoms with Crippen molar-refractivity contribution in [2.24, 2.45) is 5.92 Å². The van der Waals surface area contributed by atoms with Crippen LogP contribution in [0, 0.1) is 5.92 Å². The highest BCUT2D eigenvalue weighted by atomic mass is 35.5. The van der Waals surface area contributed by atoms with Crippen molar-refractivity contribution in [3.05, 3.63) is 0 Å². The standard InChI is InChI=1S/C15H23N3O4.ClH/c19-13-8-17(6-5-16-13)14(20)9-18-11-4-2-1-3-10(11)7-12(18)15(21)22;/h10-12H,1-9H2,(H,16,19)(H,21,22);1H. The maximum atomic E-state index is 12.5. The molecule has 23 heavy (non-hydrogen) atoms. The first-order chi connectivity index (χ1) is 10.6. The first-order valence-electron chi connectivity index (χ1n) is 8.09. The number of fused-ring (bicyclic) bond motifs is 1. The van der Waals surface area contributed by atoms with Crippen molar-refractivity contribution in [2.45, 2.75) is 44.2 Å². The van der Waals surface area contributed by atoms with Gasteiger partial charge < -0.3 is 15.3 Å². The minimum absolute atomic E-state index is 0. The molecule has 2 heterocycles. The van der Waals surface area contributed by atoms with Crippen LogP contribution in [0.5, 0.6) is 0 Å². The Labute approximate surface area is 141 Å². The van der Waals surface area contributed by atoms with E-state index in [0.29, 0.717) is 25.4 Å². The molecule has 0 bridgehead atoms. The zero-order valence-electron chi connectivity index (χ0n) is 13.1. The predicted molar refractivity (Wildman–Crippen MR) is 85.3 cm³/mol. The first-order valence-corrected chi connectivity index (χ1v) is 8.09. The molecule has 3 rings (SSSR count). The Morgan fingerprint density at radius 3 is 2.70 bits per heavy atom. The van der Waals surface area contributed by atoms with Gasteiger partial charge in [0.15, 0.2) is 0 Å². The third-order valence-electron chi connectivity index (χ3n) is 5.22. The molecule has 2 N–H and O–H groups in total. The average molecular weight is 346 g/mol. The van der Waals surface area contributed by atoms with Gasteiger partial charge in [-0.15, -0.1) is 12.4 Å². The number of amides is 2. The van der Waals surface area contributed by atoms with Gasteiger partial charge in [-0.1, -0.05) is 12.8 Å². The van der Waals surface area contributed by atoms with Crippen molar-refractivity contribution in [3.63, 3.8) is 0 Å². The number of likely N-dealkylation sites (tertiary alicyclic amines) is 1. The van der Waals surface area contributed by atoms with Crippen LogP contribution in [0.2, 0.25) is 0 Å². The van der Waals surface area contributed by atoms with Crippen molar-refractivity contribution in [1.82, 2.24) is 15.1 Å². The number of carbonyl (C=O) groups excluding carboxylic acids is 2. The lowest BCUT2D eigenvalue weighted by Crippen LogP contribution is -2.54. The summed E-state index contributed by atoms with van der Waals surface area (Å²) in [5.41, 5.74) is 0. The van der Waals surface area contributed by atoms with Crippen molar-refractivity contribution in [3.8, 4) is 0 Å². The van der Waals surface area contributed by atoms with Gasteiger partial charge in [0.2, 0.25) is 11.8 Å². The number of nitrogens with one attached hydrogen (secondary N) is 1. The van der Waals surface area contributed by atoms with E-state index in [9.17, 15) is 19.5 Å². The maximum Gasteiger partial charge on any atom is 0.320 e. The number of carbonyl (C=O) groups is 3. The lowest BCUT2D eigenvalue weighted by molar-refractivity contribution is -0.145. The van der Waals surface area contributed by atoms with Crippen LogP contribution in [0.4, 0.5) is 0 Å². The number of piperazine rings is 1. The molecule has 3 fully saturated rings. The van der Waals surface area contributed by atoms with Gasteiger partial charge in [0.25, 0.3) is 0 Å². The van der Waals surface area contributed by atoms with Crippen molar-refractivity contribution in [1.29, 1.82) is 0 Å². The Bertz CT molecular complexity index is 487. The molecule has 0 aromatic rings. The first kappa shape index (κ1) is 18.0. The molecule has 3 atom stereocenters. The van der Waals surface area contributed by atoms with Crippen LogP contribution < -0.4 is 5.32 Å². The highest BCUT2D eigenvalue weighted by Crippen LogP contribution is 2.39. The molecule has 2 saturated heterocycles. The molecule has 1 saturated carbocycles. The van der Waals surface area contributed by atoms with Gasteiger partial charge >= 0.3 is 5.97 Å². The second-order valence-electron chi connectivity index (χ2n) is 6.54. The van der Waals surface area contributed by atoms with Gasteiger partial charge in [0, 0.05) is 19.1 Å². The minimum atomic E-state index is -0.835. The lowest BCUT2D eigenvalue weighted by Gasteiger charge is -2.34. The molecule has 3 unspecified atom stereocenters. The number of rotatable bonds is 3. The summed E-state index contributed by atoms with van der Waals surface area (Å²) >= 11 is 0. The smallest absolute Gasteiger partial charge is 0.320 e. The Morgan fingerprint density at radius 2 is 2.00 bits per heavy atom. The molecular weight excluding hydrogens is 322 g/mol. The molecule has 2 amide bonds. The predicted octanol–water partition coefficient (Wildman–Crippen LogP) is 0.0843.